The number of aromatic nitrogens is 3. The molecule has 3 N–H and O–H groups in total. The lowest BCUT2D eigenvalue weighted by Crippen LogP contribution is -2.46. The number of hydrogen-bond donors (Lipinski definition) is 2. The zero-order valence-corrected chi connectivity index (χ0v) is 15.9. The highest BCUT2D eigenvalue weighted by atomic mass is 35.5. The van der Waals surface area contributed by atoms with Crippen molar-refractivity contribution in [2.45, 2.75) is 19.4 Å². The number of hydrogen-bond acceptors (Lipinski definition) is 5. The number of nitrogens with one attached hydrogen (secondary N) is 1. The molecule has 1 aromatic heterocycles. The number of nitrogens with two attached hydrogens (primary N) is 1. The largest absolute Gasteiger partial charge is 0.355 e. The smallest absolute Gasteiger partial charge is 0.276 e. The predicted octanol–water partition coefficient (Wildman–Crippen LogP) is 0.675. The Labute approximate surface area is 164 Å². The number of likely N-dealkylation sites (tertiary alicyclic amines) is 1. The Bertz CT molecular complexity index is 751. The third-order valence-corrected chi connectivity index (χ3v) is 4.47. The van der Waals surface area contributed by atoms with Gasteiger partial charge >= 0.3 is 0 Å². The maximum absolute atomic E-state index is 12.7. The molecule has 1 fully saturated rings. The van der Waals surface area contributed by atoms with Crippen LogP contribution in [0.5, 0.6) is 0 Å². The Kier molecular flexibility index (Phi) is 7.75. The molecule has 3 rings (SSSR count). The van der Waals surface area contributed by atoms with Gasteiger partial charge in [0, 0.05) is 26.2 Å². The van der Waals surface area contributed by atoms with Gasteiger partial charge in [-0.3, -0.25) is 9.59 Å². The third kappa shape index (κ3) is 5.51. The van der Waals surface area contributed by atoms with E-state index in [1.54, 1.807) is 15.8 Å². The van der Waals surface area contributed by atoms with Gasteiger partial charge in [0.05, 0.1) is 18.7 Å². The molecule has 1 unspecified atom stereocenters. The topological polar surface area (TPSA) is 106 Å². The Morgan fingerprint density at radius 1 is 1.26 bits per heavy atom. The van der Waals surface area contributed by atoms with Crippen LogP contribution in [0.4, 0.5) is 0 Å². The van der Waals surface area contributed by atoms with Crippen molar-refractivity contribution in [3.05, 3.63) is 47.8 Å². The summed E-state index contributed by atoms with van der Waals surface area (Å²) >= 11 is 0. The summed E-state index contributed by atoms with van der Waals surface area (Å²) in [7, 11) is 0. The Morgan fingerprint density at radius 3 is 2.78 bits per heavy atom. The van der Waals surface area contributed by atoms with Gasteiger partial charge in [-0.1, -0.05) is 35.5 Å². The summed E-state index contributed by atoms with van der Waals surface area (Å²) in [4.78, 5) is 26.5. The lowest BCUT2D eigenvalue weighted by Gasteiger charge is -2.31. The molecule has 9 heteroatoms. The third-order valence-electron chi connectivity index (χ3n) is 4.47. The Balaban J connectivity index is 0.00000261. The van der Waals surface area contributed by atoms with E-state index < -0.39 is 0 Å². The van der Waals surface area contributed by atoms with E-state index in [-0.39, 0.29) is 30.1 Å². The number of benzene rings is 1. The van der Waals surface area contributed by atoms with Gasteiger partial charge in [0.2, 0.25) is 5.91 Å². The normalized spacial score (nSPS) is 16.5. The predicted molar refractivity (Wildman–Crippen MR) is 104 cm³/mol. The number of halogens is 1. The molecule has 0 saturated carbocycles. The van der Waals surface area contributed by atoms with Gasteiger partial charge in [-0.25, -0.2) is 4.68 Å². The standard InChI is InChI=1S/C18H24N6O2.ClH/c19-8-9-20-17(25)15-7-4-10-23(12-15)18(26)16-13-24(22-21-16)11-14-5-2-1-3-6-14;/h1-3,5-6,13,15H,4,7-12,19H2,(H,20,25);1H. The molecule has 1 aromatic carbocycles. The van der Waals surface area contributed by atoms with Crippen LogP contribution in [0.1, 0.15) is 28.9 Å². The Hall–Kier alpha value is -2.45. The lowest BCUT2D eigenvalue weighted by atomic mass is 9.97. The van der Waals surface area contributed by atoms with Crippen molar-refractivity contribution in [3.63, 3.8) is 0 Å². The van der Waals surface area contributed by atoms with Crippen LogP contribution in [-0.2, 0) is 11.3 Å². The van der Waals surface area contributed by atoms with Crippen LogP contribution in [0.15, 0.2) is 36.5 Å². The number of carbonyl (C=O) groups excluding carboxylic acids is 2. The average Bonchev–Trinajstić information content (AvgIpc) is 3.14. The van der Waals surface area contributed by atoms with Gasteiger partial charge in [0.15, 0.2) is 5.69 Å². The van der Waals surface area contributed by atoms with Gasteiger partial charge in [0.1, 0.15) is 0 Å². The highest BCUT2D eigenvalue weighted by Gasteiger charge is 2.29. The highest BCUT2D eigenvalue weighted by Crippen LogP contribution is 2.18. The summed E-state index contributed by atoms with van der Waals surface area (Å²) in [6, 6.07) is 9.87. The molecule has 0 radical (unpaired) electrons. The van der Waals surface area contributed by atoms with E-state index in [4.69, 9.17) is 5.73 Å². The fourth-order valence-electron chi connectivity index (χ4n) is 3.12. The molecular formula is C18H25ClN6O2. The summed E-state index contributed by atoms with van der Waals surface area (Å²) in [6.45, 7) is 2.46. The molecule has 2 aromatic rings. The number of nitrogens with zero attached hydrogens (tertiary/aromatic N) is 4. The van der Waals surface area contributed by atoms with E-state index in [2.05, 4.69) is 15.6 Å². The molecule has 0 spiro atoms. The quantitative estimate of drug-likeness (QED) is 0.751. The first-order valence-electron chi connectivity index (χ1n) is 8.88. The van der Waals surface area contributed by atoms with E-state index in [1.807, 2.05) is 30.3 Å². The summed E-state index contributed by atoms with van der Waals surface area (Å²) < 4.78 is 1.65. The molecule has 1 aliphatic heterocycles. The van der Waals surface area contributed by atoms with Gasteiger partial charge in [-0.2, -0.15) is 0 Å². The van der Waals surface area contributed by atoms with E-state index in [0.717, 1.165) is 18.4 Å². The number of piperidine rings is 1. The molecule has 27 heavy (non-hydrogen) atoms. The minimum atomic E-state index is -0.196. The molecule has 1 aliphatic rings. The first-order valence-corrected chi connectivity index (χ1v) is 8.88. The van der Waals surface area contributed by atoms with Crippen molar-refractivity contribution < 1.29 is 9.59 Å². The van der Waals surface area contributed by atoms with Crippen LogP contribution < -0.4 is 11.1 Å². The van der Waals surface area contributed by atoms with Gasteiger partial charge < -0.3 is 16.0 Å². The molecule has 1 atom stereocenters. The van der Waals surface area contributed by atoms with Crippen LogP contribution in [0.2, 0.25) is 0 Å². The van der Waals surface area contributed by atoms with E-state index in [0.29, 0.717) is 38.4 Å². The van der Waals surface area contributed by atoms with Gasteiger partial charge in [0.25, 0.3) is 5.91 Å². The second-order valence-electron chi connectivity index (χ2n) is 6.46. The first kappa shape index (κ1) is 20.9. The SMILES string of the molecule is Cl.NCCNC(=O)C1CCCN(C(=O)c2cn(Cc3ccccc3)nn2)C1. The second-order valence-corrected chi connectivity index (χ2v) is 6.46. The van der Waals surface area contributed by atoms with Crippen molar-refractivity contribution in [1.29, 1.82) is 0 Å². The summed E-state index contributed by atoms with van der Waals surface area (Å²) in [5.74, 6) is -0.417. The zero-order chi connectivity index (χ0) is 18.4. The molecular weight excluding hydrogens is 368 g/mol. The maximum atomic E-state index is 12.7. The summed E-state index contributed by atoms with van der Waals surface area (Å²) in [5, 5.41) is 10.9. The van der Waals surface area contributed by atoms with Crippen LogP contribution in [0, 0.1) is 5.92 Å². The summed E-state index contributed by atoms with van der Waals surface area (Å²) in [6.07, 6.45) is 3.24. The minimum Gasteiger partial charge on any atom is -0.355 e. The molecule has 8 nitrogen and oxygen atoms in total. The van der Waals surface area contributed by atoms with E-state index >= 15 is 0 Å². The first-order chi connectivity index (χ1) is 12.7. The molecule has 2 amide bonds. The fourth-order valence-corrected chi connectivity index (χ4v) is 3.12. The van der Waals surface area contributed by atoms with Crippen LogP contribution in [0.25, 0.3) is 0 Å². The second kappa shape index (κ2) is 10.0. The van der Waals surface area contributed by atoms with Gasteiger partial charge in [-0.15, -0.1) is 17.5 Å². The van der Waals surface area contributed by atoms with E-state index in [1.165, 1.54) is 0 Å². The molecule has 146 valence electrons. The molecule has 0 bridgehead atoms. The monoisotopic (exact) mass is 392 g/mol. The van der Waals surface area contributed by atoms with Gasteiger partial charge in [-0.05, 0) is 18.4 Å². The van der Waals surface area contributed by atoms with Crippen molar-refractivity contribution in [1.82, 2.24) is 25.2 Å². The van der Waals surface area contributed by atoms with Crippen LogP contribution >= 0.6 is 12.4 Å². The number of amides is 2. The lowest BCUT2D eigenvalue weighted by molar-refractivity contribution is -0.126. The summed E-state index contributed by atoms with van der Waals surface area (Å²) in [5.41, 5.74) is 6.82. The van der Waals surface area contributed by atoms with Crippen molar-refractivity contribution in [2.24, 2.45) is 11.7 Å². The van der Waals surface area contributed by atoms with Crippen LogP contribution in [-0.4, -0.2) is 57.9 Å². The van der Waals surface area contributed by atoms with Crippen molar-refractivity contribution >= 4 is 24.2 Å². The maximum Gasteiger partial charge on any atom is 0.276 e. The van der Waals surface area contributed by atoms with Crippen molar-refractivity contribution in [2.75, 3.05) is 26.2 Å². The van der Waals surface area contributed by atoms with Crippen molar-refractivity contribution in [3.8, 4) is 0 Å². The zero-order valence-electron chi connectivity index (χ0n) is 15.1. The fraction of sp³-hybridized carbons (Fsp3) is 0.444. The van der Waals surface area contributed by atoms with E-state index in [9.17, 15) is 9.59 Å². The highest BCUT2D eigenvalue weighted by molar-refractivity contribution is 5.92. The minimum absolute atomic E-state index is 0. The molecule has 1 saturated heterocycles. The molecule has 0 aliphatic carbocycles. The number of rotatable bonds is 6. The Morgan fingerprint density at radius 2 is 2.04 bits per heavy atom. The molecule has 2 heterocycles. The average molecular weight is 393 g/mol. The number of carbonyl (C=O) groups is 2. The van der Waals surface area contributed by atoms with Crippen LogP contribution in [0.3, 0.4) is 0 Å².